The minimum atomic E-state index is -0.319. The topological polar surface area (TPSA) is 132 Å². The molecule has 0 saturated heterocycles. The maximum absolute atomic E-state index is 13.1. The maximum atomic E-state index is 13.1. The Hall–Kier alpha value is -4.08. The highest BCUT2D eigenvalue weighted by atomic mass is 16.3. The number of amides is 1. The number of nitrogens with one attached hydrogen (secondary N) is 2. The van der Waals surface area contributed by atoms with Crippen LogP contribution in [0, 0.1) is 0 Å². The van der Waals surface area contributed by atoms with Gasteiger partial charge in [-0.2, -0.15) is 15.2 Å². The van der Waals surface area contributed by atoms with E-state index in [1.54, 1.807) is 13.0 Å². The molecule has 2 aliphatic rings. The molecule has 2 aromatic carbocycles. The number of hydrogen-bond donors (Lipinski definition) is 3. The van der Waals surface area contributed by atoms with E-state index in [0.29, 0.717) is 17.1 Å². The standard InChI is InChI=1S/C27H32N8O2/c1-16-23(26(37)35(32-16)20-13-11-19(12-14-20)27(2,3)4)29-28-22-10-6-9-21(24(22)36)17-7-5-8-18(15-17)25-30-33-34-31-25/h6,9-14,17-18,28,36H,5,7-8,15H2,1-4H3,(H,30,31,33,34)/b29-23+. The van der Waals surface area contributed by atoms with Gasteiger partial charge in [-0.1, -0.05) is 51.5 Å². The Balaban J connectivity index is 1.32. The Morgan fingerprint density at radius 1 is 1.11 bits per heavy atom. The third-order valence-corrected chi connectivity index (χ3v) is 7.18. The number of aromatic amines is 1. The number of tetrazole rings is 1. The summed E-state index contributed by atoms with van der Waals surface area (Å²) in [5, 5.41) is 35.6. The first kappa shape index (κ1) is 24.6. The Morgan fingerprint density at radius 2 is 1.86 bits per heavy atom. The van der Waals surface area contributed by atoms with Crippen LogP contribution in [0.1, 0.15) is 82.2 Å². The molecule has 1 aliphatic heterocycles. The highest BCUT2D eigenvalue weighted by Gasteiger charge is 2.32. The number of phenolic OH excluding ortho intramolecular Hbond substituents is 1. The fourth-order valence-electron chi connectivity index (χ4n) is 5.06. The second-order valence-corrected chi connectivity index (χ2v) is 10.8. The van der Waals surface area contributed by atoms with Crippen LogP contribution >= 0.6 is 0 Å². The average molecular weight is 501 g/mol. The summed E-state index contributed by atoms with van der Waals surface area (Å²) in [5.74, 6) is 1.00. The second kappa shape index (κ2) is 9.76. The van der Waals surface area contributed by atoms with E-state index in [9.17, 15) is 9.90 Å². The molecule has 2 unspecified atom stereocenters. The minimum absolute atomic E-state index is 0.0194. The van der Waals surface area contributed by atoms with Crippen molar-refractivity contribution in [3.05, 3.63) is 59.4 Å². The number of hydrogen-bond acceptors (Lipinski definition) is 8. The van der Waals surface area contributed by atoms with Gasteiger partial charge in [0.05, 0.1) is 17.1 Å². The van der Waals surface area contributed by atoms with Crippen molar-refractivity contribution >= 4 is 28.7 Å². The lowest BCUT2D eigenvalue weighted by atomic mass is 9.77. The van der Waals surface area contributed by atoms with Gasteiger partial charge >= 0.3 is 5.91 Å². The van der Waals surface area contributed by atoms with Crippen molar-refractivity contribution in [2.75, 3.05) is 10.4 Å². The molecule has 0 bridgehead atoms. The number of nitrogens with zero attached hydrogens (tertiary/aromatic N) is 6. The van der Waals surface area contributed by atoms with Crippen LogP contribution in [0.3, 0.4) is 0 Å². The predicted molar refractivity (Wildman–Crippen MR) is 143 cm³/mol. The number of anilines is 2. The minimum Gasteiger partial charge on any atom is -0.505 e. The number of carbonyl (C=O) groups excluding carboxylic acids is 1. The van der Waals surface area contributed by atoms with Gasteiger partial charge in [-0.3, -0.25) is 10.2 Å². The molecule has 3 aromatic rings. The number of hydrazone groups is 2. The third-order valence-electron chi connectivity index (χ3n) is 7.18. The van der Waals surface area contributed by atoms with Crippen LogP contribution in [0.4, 0.5) is 11.4 Å². The first-order valence-corrected chi connectivity index (χ1v) is 12.6. The van der Waals surface area contributed by atoms with Crippen LogP contribution in [-0.2, 0) is 10.2 Å². The van der Waals surface area contributed by atoms with E-state index in [1.807, 2.05) is 36.4 Å². The molecular weight excluding hydrogens is 468 g/mol. The lowest BCUT2D eigenvalue weighted by molar-refractivity contribution is -0.112. The van der Waals surface area contributed by atoms with E-state index in [0.717, 1.165) is 37.1 Å². The number of aromatic nitrogens is 4. The van der Waals surface area contributed by atoms with Gasteiger partial charge in [0, 0.05) is 5.92 Å². The Labute approximate surface area is 215 Å². The zero-order valence-corrected chi connectivity index (χ0v) is 21.6. The molecule has 1 saturated carbocycles. The Bertz CT molecular complexity index is 1340. The molecule has 1 fully saturated rings. The van der Waals surface area contributed by atoms with Gasteiger partial charge in [0.25, 0.3) is 0 Å². The fourth-order valence-corrected chi connectivity index (χ4v) is 5.06. The molecule has 37 heavy (non-hydrogen) atoms. The van der Waals surface area contributed by atoms with Gasteiger partial charge in [0.1, 0.15) is 5.75 Å². The molecule has 5 rings (SSSR count). The van der Waals surface area contributed by atoms with Gasteiger partial charge in [-0.05, 0) is 77.3 Å². The van der Waals surface area contributed by atoms with Crippen LogP contribution in [0.15, 0.2) is 52.7 Å². The van der Waals surface area contributed by atoms with E-state index < -0.39 is 0 Å². The smallest absolute Gasteiger partial charge is 0.301 e. The highest BCUT2D eigenvalue weighted by Crippen LogP contribution is 2.44. The van der Waals surface area contributed by atoms with Gasteiger partial charge in [-0.25, -0.2) is 5.10 Å². The number of aromatic hydroxyl groups is 1. The summed E-state index contributed by atoms with van der Waals surface area (Å²) < 4.78 is 0. The SMILES string of the molecule is CC1=NN(c2ccc(C(C)(C)C)cc2)C(=O)/C1=N/Nc1cccc(C2CCCC(c3nnn[nH]3)C2)c1O. The number of H-pyrrole nitrogens is 1. The summed E-state index contributed by atoms with van der Waals surface area (Å²) >= 11 is 0. The normalized spacial score (nSPS) is 21.4. The predicted octanol–water partition coefficient (Wildman–Crippen LogP) is 4.83. The van der Waals surface area contributed by atoms with E-state index in [2.05, 4.69) is 57.0 Å². The monoisotopic (exact) mass is 500 g/mol. The Morgan fingerprint density at radius 3 is 2.57 bits per heavy atom. The zero-order valence-electron chi connectivity index (χ0n) is 21.6. The van der Waals surface area contributed by atoms with Gasteiger partial charge in [0.2, 0.25) is 0 Å². The summed E-state index contributed by atoms with van der Waals surface area (Å²) in [7, 11) is 0. The number of carbonyl (C=O) groups is 1. The molecule has 1 aromatic heterocycles. The summed E-state index contributed by atoms with van der Waals surface area (Å²) in [5.41, 5.74) is 6.80. The number of para-hydroxylation sites is 1. The molecule has 3 N–H and O–H groups in total. The van der Waals surface area contributed by atoms with Gasteiger partial charge in [-0.15, -0.1) is 5.10 Å². The molecule has 1 amide bonds. The summed E-state index contributed by atoms with van der Waals surface area (Å²) in [6.45, 7) is 8.19. The summed E-state index contributed by atoms with van der Waals surface area (Å²) in [4.78, 5) is 13.1. The summed E-state index contributed by atoms with van der Waals surface area (Å²) in [6.07, 6.45) is 3.84. The van der Waals surface area contributed by atoms with Crippen LogP contribution < -0.4 is 10.4 Å². The van der Waals surface area contributed by atoms with Crippen LogP contribution in [-0.4, -0.2) is 43.1 Å². The molecular formula is C27H32N8O2. The summed E-state index contributed by atoms with van der Waals surface area (Å²) in [6, 6.07) is 13.4. The van der Waals surface area contributed by atoms with Gasteiger partial charge in [0.15, 0.2) is 11.5 Å². The molecule has 2 heterocycles. The number of benzene rings is 2. The average Bonchev–Trinajstić information content (AvgIpc) is 3.52. The van der Waals surface area contributed by atoms with Gasteiger partial charge < -0.3 is 5.11 Å². The van der Waals surface area contributed by atoms with E-state index in [-0.39, 0.29) is 34.6 Å². The molecule has 192 valence electrons. The van der Waals surface area contributed by atoms with E-state index in [4.69, 9.17) is 0 Å². The zero-order chi connectivity index (χ0) is 26.2. The molecule has 10 nitrogen and oxygen atoms in total. The first-order chi connectivity index (χ1) is 17.7. The van der Waals surface area contributed by atoms with Crippen molar-refractivity contribution in [3.63, 3.8) is 0 Å². The fraction of sp³-hybridized carbons (Fsp3) is 0.407. The first-order valence-electron chi connectivity index (χ1n) is 12.6. The molecule has 2 atom stereocenters. The van der Waals surface area contributed by atoms with Crippen molar-refractivity contribution in [1.82, 2.24) is 20.6 Å². The lowest BCUT2D eigenvalue weighted by Gasteiger charge is -2.28. The number of phenols is 1. The van der Waals surface area contributed by atoms with Crippen LogP contribution in [0.2, 0.25) is 0 Å². The van der Waals surface area contributed by atoms with E-state index in [1.165, 1.54) is 10.6 Å². The van der Waals surface area contributed by atoms with Crippen LogP contribution in [0.25, 0.3) is 0 Å². The van der Waals surface area contributed by atoms with Crippen molar-refractivity contribution < 1.29 is 9.90 Å². The Kier molecular flexibility index (Phi) is 6.49. The molecule has 0 spiro atoms. The van der Waals surface area contributed by atoms with Crippen molar-refractivity contribution in [2.45, 2.75) is 70.6 Å². The van der Waals surface area contributed by atoms with Crippen molar-refractivity contribution in [3.8, 4) is 5.75 Å². The van der Waals surface area contributed by atoms with Crippen LogP contribution in [0.5, 0.6) is 5.75 Å². The van der Waals surface area contributed by atoms with Crippen molar-refractivity contribution in [1.29, 1.82) is 0 Å². The maximum Gasteiger partial charge on any atom is 0.301 e. The second-order valence-electron chi connectivity index (χ2n) is 10.8. The van der Waals surface area contributed by atoms with E-state index >= 15 is 0 Å². The molecule has 10 heteroatoms. The lowest BCUT2D eigenvalue weighted by Crippen LogP contribution is -2.28. The third kappa shape index (κ3) is 4.96. The highest BCUT2D eigenvalue weighted by molar-refractivity contribution is 6.71. The molecule has 0 radical (unpaired) electrons. The van der Waals surface area contributed by atoms with Crippen molar-refractivity contribution in [2.24, 2.45) is 10.2 Å². The largest absolute Gasteiger partial charge is 0.505 e. The quantitative estimate of drug-likeness (QED) is 0.339. The number of rotatable bonds is 5. The molecule has 1 aliphatic carbocycles.